The Morgan fingerprint density at radius 3 is 2.31 bits per heavy atom. The van der Waals surface area contributed by atoms with Crippen molar-refractivity contribution >= 4 is 11.3 Å². The van der Waals surface area contributed by atoms with Crippen LogP contribution in [0, 0.1) is 5.92 Å². The minimum absolute atomic E-state index is 0.449. The zero-order valence-corrected chi connectivity index (χ0v) is 18.4. The minimum atomic E-state index is 0.449. The summed E-state index contributed by atoms with van der Waals surface area (Å²) in [5.74, 6) is 0.677. The van der Waals surface area contributed by atoms with Gasteiger partial charge >= 0.3 is 0 Å². The average molecular weight is 390 g/mol. The van der Waals surface area contributed by atoms with Gasteiger partial charge in [-0.1, -0.05) is 70.2 Å². The van der Waals surface area contributed by atoms with Crippen LogP contribution in [0.25, 0.3) is 5.57 Å². The second kappa shape index (κ2) is 10.3. The molecule has 154 valence electrons. The maximum Gasteiger partial charge on any atom is 0.0956 e. The van der Waals surface area contributed by atoms with Crippen molar-refractivity contribution in [2.45, 2.75) is 53.0 Å². The summed E-state index contributed by atoms with van der Waals surface area (Å²) in [7, 11) is 0. The van der Waals surface area contributed by atoms with Gasteiger partial charge in [-0.15, -0.1) is 0 Å². The molecule has 0 amide bonds. The molecule has 3 nitrogen and oxygen atoms in total. The van der Waals surface area contributed by atoms with E-state index in [0.29, 0.717) is 12.0 Å². The molecule has 1 atom stereocenters. The first-order chi connectivity index (χ1) is 14.4. The molecule has 3 aliphatic rings. The first-order valence-corrected chi connectivity index (χ1v) is 11.3. The third-order valence-corrected chi connectivity index (χ3v) is 5.83. The van der Waals surface area contributed by atoms with E-state index in [1.807, 2.05) is 40.2 Å². The summed E-state index contributed by atoms with van der Waals surface area (Å²) in [4.78, 5) is 6.96. The number of hydrogen-bond donors (Lipinski definition) is 0. The van der Waals surface area contributed by atoms with E-state index in [1.54, 1.807) is 0 Å². The van der Waals surface area contributed by atoms with E-state index in [-0.39, 0.29) is 0 Å². The Hall–Kier alpha value is -2.55. The van der Waals surface area contributed by atoms with E-state index < -0.39 is 0 Å². The number of rotatable bonds is 2. The Labute approximate surface area is 176 Å². The van der Waals surface area contributed by atoms with E-state index in [0.717, 1.165) is 19.5 Å². The first kappa shape index (κ1) is 21.2. The monoisotopic (exact) mass is 389 g/mol. The molecule has 0 N–H and O–H groups in total. The normalized spacial score (nSPS) is 20.1. The Morgan fingerprint density at radius 1 is 0.897 bits per heavy atom. The van der Waals surface area contributed by atoms with Crippen molar-refractivity contribution < 1.29 is 0 Å². The van der Waals surface area contributed by atoms with E-state index in [9.17, 15) is 0 Å². The number of imidazole rings is 1. The highest BCUT2D eigenvalue weighted by Gasteiger charge is 2.36. The average Bonchev–Trinajstić information content (AvgIpc) is 3.30. The van der Waals surface area contributed by atoms with Gasteiger partial charge in [0.05, 0.1) is 24.3 Å². The summed E-state index contributed by atoms with van der Waals surface area (Å²) in [6.07, 6.45) is 16.7. The molecule has 1 aromatic carbocycles. The minimum Gasteiger partial charge on any atom is -0.372 e. The molecule has 1 saturated heterocycles. The third-order valence-electron chi connectivity index (χ3n) is 5.83. The van der Waals surface area contributed by atoms with Crippen LogP contribution in [-0.4, -0.2) is 22.6 Å². The first-order valence-electron chi connectivity index (χ1n) is 11.3. The number of benzene rings is 1. The summed E-state index contributed by atoms with van der Waals surface area (Å²) >= 11 is 0. The van der Waals surface area contributed by atoms with E-state index in [4.69, 9.17) is 0 Å². The molecule has 1 aliphatic carbocycles. The Morgan fingerprint density at radius 2 is 1.59 bits per heavy atom. The van der Waals surface area contributed by atoms with Gasteiger partial charge in [0, 0.05) is 24.4 Å². The number of allylic oxidation sites excluding steroid dienone is 6. The van der Waals surface area contributed by atoms with Crippen LogP contribution < -0.4 is 4.90 Å². The predicted molar refractivity (Wildman–Crippen MR) is 125 cm³/mol. The zero-order valence-electron chi connectivity index (χ0n) is 18.4. The molecule has 3 heterocycles. The molecule has 3 heteroatoms. The predicted octanol–water partition coefficient (Wildman–Crippen LogP) is 6.68. The van der Waals surface area contributed by atoms with Crippen molar-refractivity contribution in [2.24, 2.45) is 5.92 Å². The molecule has 1 aromatic heterocycles. The standard InChI is InChI=1S/C22H23N3.2C2H6/c1-3-7-18(8-4-1)24-13-11-17(12-14-24)22-20-10-6-2-5-9-19(20)21-15-23-16-25(21)22;2*1-2/h1,3-10,15-17,22H,2,11-14H2;2*1-2H3/t22-;;/m1../s1. The SMILES string of the molecule is C1=CC2=C(C=CC1)[C@@H](C1CCN(c3ccccc3)CC1)n1cncc12.CC.CC. The molecule has 0 spiro atoms. The molecular formula is C26H35N3. The zero-order chi connectivity index (χ0) is 20.6. The van der Waals surface area contributed by atoms with Crippen LogP contribution in [0.5, 0.6) is 0 Å². The van der Waals surface area contributed by atoms with Gasteiger partial charge in [-0.2, -0.15) is 0 Å². The number of fused-ring (bicyclic) bond motifs is 2. The van der Waals surface area contributed by atoms with Gasteiger partial charge in [-0.3, -0.25) is 0 Å². The molecule has 1 fully saturated rings. The fraction of sp³-hybridized carbons (Fsp3) is 0.423. The number of nitrogens with zero attached hydrogens (tertiary/aromatic N) is 3. The van der Waals surface area contributed by atoms with Crippen molar-refractivity contribution in [1.82, 2.24) is 9.55 Å². The summed E-state index contributed by atoms with van der Waals surface area (Å²) in [6, 6.07) is 11.3. The van der Waals surface area contributed by atoms with Crippen LogP contribution in [0.4, 0.5) is 5.69 Å². The van der Waals surface area contributed by atoms with Crippen LogP contribution in [0.1, 0.15) is 58.7 Å². The smallest absolute Gasteiger partial charge is 0.0956 e. The van der Waals surface area contributed by atoms with Crippen LogP contribution in [-0.2, 0) is 0 Å². The molecule has 29 heavy (non-hydrogen) atoms. The van der Waals surface area contributed by atoms with Gasteiger partial charge in [-0.05, 0) is 42.9 Å². The molecular weight excluding hydrogens is 354 g/mol. The highest BCUT2D eigenvalue weighted by molar-refractivity contribution is 5.80. The lowest BCUT2D eigenvalue weighted by Crippen LogP contribution is -2.36. The Bertz CT molecular complexity index is 849. The van der Waals surface area contributed by atoms with E-state index in [2.05, 4.69) is 69.1 Å². The Balaban J connectivity index is 0.000000568. The van der Waals surface area contributed by atoms with Crippen molar-refractivity contribution in [3.8, 4) is 0 Å². The van der Waals surface area contributed by atoms with Crippen LogP contribution in [0.15, 0.2) is 72.7 Å². The lowest BCUT2D eigenvalue weighted by molar-refractivity contribution is 0.314. The Kier molecular flexibility index (Phi) is 7.51. The number of piperidine rings is 1. The van der Waals surface area contributed by atoms with Gasteiger partial charge in [0.2, 0.25) is 0 Å². The lowest BCUT2D eigenvalue weighted by atomic mass is 9.84. The summed E-state index contributed by atoms with van der Waals surface area (Å²) in [5.41, 5.74) is 5.51. The van der Waals surface area contributed by atoms with Crippen molar-refractivity contribution in [3.05, 3.63) is 78.4 Å². The van der Waals surface area contributed by atoms with Gasteiger partial charge in [0.1, 0.15) is 0 Å². The summed E-state index contributed by atoms with van der Waals surface area (Å²) < 4.78 is 2.41. The fourth-order valence-electron chi connectivity index (χ4n) is 4.61. The van der Waals surface area contributed by atoms with Crippen LogP contribution in [0.2, 0.25) is 0 Å². The van der Waals surface area contributed by atoms with E-state index in [1.165, 1.54) is 35.4 Å². The maximum absolute atomic E-state index is 4.43. The molecule has 2 aliphatic heterocycles. The lowest BCUT2D eigenvalue weighted by Gasteiger charge is -2.37. The number of anilines is 1. The number of aromatic nitrogens is 2. The largest absolute Gasteiger partial charge is 0.372 e. The molecule has 0 unspecified atom stereocenters. The van der Waals surface area contributed by atoms with Gasteiger partial charge < -0.3 is 9.47 Å². The van der Waals surface area contributed by atoms with Crippen LogP contribution >= 0.6 is 0 Å². The number of para-hydroxylation sites is 1. The van der Waals surface area contributed by atoms with E-state index >= 15 is 0 Å². The highest BCUT2D eigenvalue weighted by atomic mass is 15.1. The molecule has 0 saturated carbocycles. The van der Waals surface area contributed by atoms with Crippen molar-refractivity contribution in [3.63, 3.8) is 0 Å². The third kappa shape index (κ3) is 4.24. The molecule has 5 rings (SSSR count). The number of hydrogen-bond acceptors (Lipinski definition) is 2. The van der Waals surface area contributed by atoms with Gasteiger partial charge in [0.15, 0.2) is 0 Å². The quantitative estimate of drug-likeness (QED) is 0.571. The van der Waals surface area contributed by atoms with Gasteiger partial charge in [0.25, 0.3) is 0 Å². The van der Waals surface area contributed by atoms with Gasteiger partial charge in [-0.25, -0.2) is 4.98 Å². The highest BCUT2D eigenvalue weighted by Crippen LogP contribution is 2.45. The van der Waals surface area contributed by atoms with Crippen molar-refractivity contribution in [2.75, 3.05) is 18.0 Å². The fourth-order valence-corrected chi connectivity index (χ4v) is 4.61. The molecule has 2 aromatic rings. The second-order valence-corrected chi connectivity index (χ2v) is 7.20. The van der Waals surface area contributed by atoms with Crippen LogP contribution in [0.3, 0.4) is 0 Å². The topological polar surface area (TPSA) is 21.1 Å². The molecule has 0 bridgehead atoms. The second-order valence-electron chi connectivity index (χ2n) is 7.20. The molecule has 0 radical (unpaired) electrons. The summed E-state index contributed by atoms with van der Waals surface area (Å²) in [5, 5.41) is 0. The maximum atomic E-state index is 4.43. The van der Waals surface area contributed by atoms with Crippen molar-refractivity contribution in [1.29, 1.82) is 0 Å². The summed E-state index contributed by atoms with van der Waals surface area (Å²) in [6.45, 7) is 10.3.